The van der Waals surface area contributed by atoms with Crippen LogP contribution in [0.3, 0.4) is 0 Å². The van der Waals surface area contributed by atoms with Gasteiger partial charge in [0.25, 0.3) is 0 Å². The Morgan fingerprint density at radius 1 is 0.654 bits per heavy atom. The van der Waals surface area contributed by atoms with Crippen molar-refractivity contribution in [1.29, 1.82) is 0 Å². The molecule has 0 aromatic heterocycles. The van der Waals surface area contributed by atoms with E-state index in [1.165, 1.54) is 0 Å². The Hall–Kier alpha value is -2.09. The Balaban J connectivity index is 0.942. The number of rotatable bonds is 0. The maximum absolute atomic E-state index is 15.7. The smallest absolute Gasteiger partial charge is 0.320 e. The van der Waals surface area contributed by atoms with Gasteiger partial charge in [0, 0.05) is 40.4 Å². The summed E-state index contributed by atoms with van der Waals surface area (Å²) in [5, 5.41) is 24.6. The van der Waals surface area contributed by atoms with Crippen molar-refractivity contribution in [2.45, 2.75) is 121 Å². The molecule has 7 aliphatic heterocycles. The number of aliphatic hydroxyl groups is 2. The van der Waals surface area contributed by atoms with Gasteiger partial charge in [-0.2, -0.15) is 0 Å². The fraction of sp³-hybridized carbons (Fsp3) is 0.875. The van der Waals surface area contributed by atoms with Crippen LogP contribution < -0.4 is 0 Å². The number of aliphatic hydroxyl groups excluding tert-OH is 2. The number of fused-ring (bicyclic) bond motifs is 4. The monoisotopic (exact) mass is 720 g/mol. The van der Waals surface area contributed by atoms with Gasteiger partial charge in [0.05, 0.1) is 38.6 Å². The number of Topliss-reactive ketones (excluding diaryl/α,β-unsaturated/α-hetero) is 1. The summed E-state index contributed by atoms with van der Waals surface area (Å²) >= 11 is 0. The first kappa shape index (κ1) is 31.2. The molecule has 52 heavy (non-hydrogen) atoms. The minimum atomic E-state index is -1.59. The zero-order valence-electron chi connectivity index (χ0n) is 29.8. The third kappa shape index (κ3) is 2.89. The maximum atomic E-state index is 15.7. The summed E-state index contributed by atoms with van der Waals surface area (Å²) in [6, 6.07) is 0. The van der Waals surface area contributed by atoms with Crippen LogP contribution in [-0.2, 0) is 47.5 Å². The quantitative estimate of drug-likeness (QED) is 0.279. The first-order chi connectivity index (χ1) is 24.9. The number of hydrogen-bond acceptors (Lipinski definition) is 12. The van der Waals surface area contributed by atoms with Crippen LogP contribution in [0.5, 0.6) is 0 Å². The summed E-state index contributed by atoms with van der Waals surface area (Å²) in [5.74, 6) is -2.61. The molecule has 6 saturated heterocycles. The van der Waals surface area contributed by atoms with Gasteiger partial charge in [-0.1, -0.05) is 13.8 Å². The third-order valence-corrected chi connectivity index (χ3v) is 18.6. The standard InChI is InChI=1S/C40H48O12/c1-34-6-4-22-38(15-48-29(26(34)38)46-13-34)24-20(41)9-17-11-36(24,32(44)50-22)28-19(17)3-8-40(52-28)18-10-21(42)25-37(12-18,31(40)43)33(45)51-23-5-7-35(2)14-47-30-27(35)39(23,25)16-49-30/h17-18,20-27,29-30,41-42H,3-16H2,1-2H3. The SMILES string of the molecule is CC12CCC3OC(=O)C45CC(CC(O)C4C34COC(OC1)C24)C1(CCC2=C(O1)C13CC2CC(O)C1C12COC4OCC(C)(CCC1OC3=O)C42)C5=O. The largest absolute Gasteiger partial charge is 0.482 e. The van der Waals surface area contributed by atoms with Crippen molar-refractivity contribution in [3.05, 3.63) is 11.3 Å². The second-order valence-corrected chi connectivity index (χ2v) is 20.3. The van der Waals surface area contributed by atoms with Crippen molar-refractivity contribution < 1.29 is 57.8 Å². The molecular weight excluding hydrogens is 672 g/mol. The number of allylic oxidation sites excluding steroid dienone is 1. The normalized spacial score (nSPS) is 63.8. The lowest BCUT2D eigenvalue weighted by atomic mass is 9.43. The van der Waals surface area contributed by atoms with Crippen molar-refractivity contribution in [1.82, 2.24) is 0 Å². The molecule has 6 aliphatic carbocycles. The Morgan fingerprint density at radius 2 is 1.21 bits per heavy atom. The van der Waals surface area contributed by atoms with Crippen LogP contribution in [0.25, 0.3) is 0 Å². The van der Waals surface area contributed by atoms with Crippen molar-refractivity contribution >= 4 is 17.7 Å². The Labute approximate surface area is 301 Å². The number of hydrogen-bond donors (Lipinski definition) is 2. The Morgan fingerprint density at radius 3 is 1.85 bits per heavy atom. The van der Waals surface area contributed by atoms with Gasteiger partial charge in [0.1, 0.15) is 28.8 Å². The lowest BCUT2D eigenvalue weighted by molar-refractivity contribution is -0.253. The summed E-state index contributed by atoms with van der Waals surface area (Å²) in [4.78, 5) is 45.0. The molecule has 0 aromatic rings. The van der Waals surface area contributed by atoms with E-state index in [0.29, 0.717) is 70.5 Å². The molecule has 19 atom stereocenters. The number of ketones is 1. The molecule has 7 heterocycles. The zero-order chi connectivity index (χ0) is 35.2. The Bertz CT molecular complexity index is 1810. The molecule has 12 heteroatoms. The molecule has 19 unspecified atom stereocenters. The van der Waals surface area contributed by atoms with E-state index in [1.54, 1.807) is 0 Å². The van der Waals surface area contributed by atoms with Crippen LogP contribution in [0.4, 0.5) is 0 Å². The molecular formula is C40H48O12. The third-order valence-electron chi connectivity index (χ3n) is 18.6. The Kier molecular flexibility index (Phi) is 5.37. The van der Waals surface area contributed by atoms with E-state index in [-0.39, 0.29) is 53.4 Å². The highest BCUT2D eigenvalue weighted by Crippen LogP contribution is 2.78. The number of ether oxygens (including phenoxy) is 7. The van der Waals surface area contributed by atoms with Crippen LogP contribution in [0.2, 0.25) is 0 Å². The second-order valence-electron chi connectivity index (χ2n) is 20.3. The highest BCUT2D eigenvalue weighted by atomic mass is 16.7. The molecule has 5 saturated carbocycles. The second kappa shape index (κ2) is 8.96. The number of esters is 2. The van der Waals surface area contributed by atoms with E-state index in [0.717, 1.165) is 18.4 Å². The van der Waals surface area contributed by atoms with Gasteiger partial charge in [-0.15, -0.1) is 0 Å². The van der Waals surface area contributed by atoms with E-state index in [2.05, 4.69) is 13.8 Å². The number of carbonyl (C=O) groups is 3. The van der Waals surface area contributed by atoms with Crippen molar-refractivity contribution in [3.8, 4) is 0 Å². The van der Waals surface area contributed by atoms with Crippen LogP contribution in [-0.4, -0.2) is 97.0 Å². The van der Waals surface area contributed by atoms with Gasteiger partial charge in [-0.05, 0) is 86.5 Å². The molecule has 4 bridgehead atoms. The highest BCUT2D eigenvalue weighted by molar-refractivity contribution is 6.11. The summed E-state index contributed by atoms with van der Waals surface area (Å²) in [7, 11) is 0. The van der Waals surface area contributed by atoms with Crippen LogP contribution in [0.15, 0.2) is 11.3 Å². The van der Waals surface area contributed by atoms with Crippen LogP contribution in [0.1, 0.15) is 78.1 Å². The van der Waals surface area contributed by atoms with E-state index in [1.807, 2.05) is 0 Å². The molecule has 0 radical (unpaired) electrons. The minimum Gasteiger partial charge on any atom is -0.482 e. The molecule has 5 spiro atoms. The molecule has 13 aliphatic rings. The average molecular weight is 721 g/mol. The summed E-state index contributed by atoms with van der Waals surface area (Å²) in [6.45, 7) is 6.15. The first-order valence-electron chi connectivity index (χ1n) is 20.1. The molecule has 0 amide bonds. The molecule has 11 fully saturated rings. The van der Waals surface area contributed by atoms with Gasteiger partial charge in [0.2, 0.25) is 0 Å². The van der Waals surface area contributed by atoms with Crippen molar-refractivity contribution in [2.24, 2.45) is 68.0 Å². The molecule has 13 rings (SSSR count). The van der Waals surface area contributed by atoms with E-state index < -0.39 is 88.0 Å². The minimum absolute atomic E-state index is 0.0494. The van der Waals surface area contributed by atoms with E-state index in [9.17, 15) is 19.8 Å². The summed E-state index contributed by atoms with van der Waals surface area (Å²) in [5.41, 5.74) is -5.06. The summed E-state index contributed by atoms with van der Waals surface area (Å²) in [6.07, 6.45) is 1.94. The van der Waals surface area contributed by atoms with Crippen LogP contribution in [0, 0.1) is 68.0 Å². The zero-order valence-corrected chi connectivity index (χ0v) is 29.8. The summed E-state index contributed by atoms with van der Waals surface area (Å²) < 4.78 is 45.5. The van der Waals surface area contributed by atoms with E-state index in [4.69, 9.17) is 33.2 Å². The van der Waals surface area contributed by atoms with Crippen LogP contribution >= 0.6 is 0 Å². The lowest BCUT2D eigenvalue weighted by Crippen LogP contribution is -2.71. The predicted octanol–water partition coefficient (Wildman–Crippen LogP) is 2.56. The molecule has 0 aromatic carbocycles. The highest BCUT2D eigenvalue weighted by Gasteiger charge is 2.86. The van der Waals surface area contributed by atoms with Crippen molar-refractivity contribution in [3.63, 3.8) is 0 Å². The lowest BCUT2D eigenvalue weighted by Gasteiger charge is -2.62. The molecule has 2 N–H and O–H groups in total. The van der Waals surface area contributed by atoms with E-state index >= 15 is 4.79 Å². The average Bonchev–Trinajstić information content (AvgIpc) is 3.94. The fourth-order valence-electron chi connectivity index (χ4n) is 17.1. The molecule has 280 valence electrons. The predicted molar refractivity (Wildman–Crippen MR) is 172 cm³/mol. The van der Waals surface area contributed by atoms with Gasteiger partial charge in [0.15, 0.2) is 24.0 Å². The van der Waals surface area contributed by atoms with Gasteiger partial charge >= 0.3 is 11.9 Å². The first-order valence-corrected chi connectivity index (χ1v) is 20.1. The van der Waals surface area contributed by atoms with Gasteiger partial charge in [-0.3, -0.25) is 14.4 Å². The topological polar surface area (TPSA) is 156 Å². The van der Waals surface area contributed by atoms with Crippen molar-refractivity contribution in [2.75, 3.05) is 26.4 Å². The van der Waals surface area contributed by atoms with Gasteiger partial charge in [-0.25, -0.2) is 0 Å². The fourth-order valence-corrected chi connectivity index (χ4v) is 17.1. The van der Waals surface area contributed by atoms with Gasteiger partial charge < -0.3 is 43.4 Å². The maximum Gasteiger partial charge on any atom is 0.320 e. The molecule has 12 nitrogen and oxygen atoms in total. The number of carbonyl (C=O) groups excluding carboxylic acids is 3.